The molecule has 3 nitrogen and oxygen atoms in total. The van der Waals surface area contributed by atoms with Crippen LogP contribution in [-0.2, 0) is 4.79 Å². The van der Waals surface area contributed by atoms with Gasteiger partial charge in [0, 0.05) is 25.2 Å². The molecule has 1 N–H and O–H groups in total. The number of carbonyl (C=O) groups excluding carboxylic acids is 1. The van der Waals surface area contributed by atoms with E-state index in [4.69, 9.17) is 0 Å². The third-order valence-corrected chi connectivity index (χ3v) is 4.16. The second-order valence-corrected chi connectivity index (χ2v) is 5.52. The molecular formula is C11H16F4N2O. The van der Waals surface area contributed by atoms with Crippen LogP contribution >= 0.6 is 0 Å². The van der Waals surface area contributed by atoms with Gasteiger partial charge in [0.1, 0.15) is 0 Å². The minimum absolute atomic E-state index is 0.0370. The minimum Gasteiger partial charge on any atom is -0.331 e. The van der Waals surface area contributed by atoms with E-state index in [2.05, 4.69) is 5.32 Å². The number of alkyl halides is 4. The Bertz CT molecular complexity index is 359. The molecule has 0 saturated carbocycles. The van der Waals surface area contributed by atoms with Gasteiger partial charge in [0.15, 0.2) is 0 Å². The van der Waals surface area contributed by atoms with Gasteiger partial charge >= 0.3 is 12.3 Å². The third kappa shape index (κ3) is 1.79. The van der Waals surface area contributed by atoms with Crippen LogP contribution in [0.4, 0.5) is 17.6 Å². The van der Waals surface area contributed by atoms with Crippen molar-refractivity contribution in [2.75, 3.05) is 19.6 Å². The summed E-state index contributed by atoms with van der Waals surface area (Å²) in [5.41, 5.74) is -0.816. The fraction of sp³-hybridized carbons (Fsp3) is 0.909. The fourth-order valence-electron chi connectivity index (χ4n) is 3.04. The SMILES string of the molecule is CC1(C)C2CNCC2CN1C(=O)C(F)(F)C(F)F. The van der Waals surface area contributed by atoms with E-state index in [9.17, 15) is 22.4 Å². The van der Waals surface area contributed by atoms with Gasteiger partial charge in [-0.2, -0.15) is 8.78 Å². The molecule has 18 heavy (non-hydrogen) atoms. The van der Waals surface area contributed by atoms with Crippen molar-refractivity contribution in [1.82, 2.24) is 10.2 Å². The molecule has 0 spiro atoms. The van der Waals surface area contributed by atoms with Crippen LogP contribution in [0.5, 0.6) is 0 Å². The summed E-state index contributed by atoms with van der Waals surface area (Å²) in [5.74, 6) is -6.24. The van der Waals surface area contributed by atoms with E-state index in [-0.39, 0.29) is 18.4 Å². The minimum atomic E-state index is -4.59. The van der Waals surface area contributed by atoms with E-state index in [1.54, 1.807) is 13.8 Å². The van der Waals surface area contributed by atoms with E-state index >= 15 is 0 Å². The molecule has 2 fully saturated rings. The van der Waals surface area contributed by atoms with Crippen molar-refractivity contribution in [1.29, 1.82) is 0 Å². The fourth-order valence-corrected chi connectivity index (χ4v) is 3.04. The Morgan fingerprint density at radius 3 is 2.50 bits per heavy atom. The van der Waals surface area contributed by atoms with Gasteiger partial charge in [-0.15, -0.1) is 0 Å². The zero-order chi connectivity index (χ0) is 13.7. The molecule has 0 radical (unpaired) electrons. The summed E-state index contributed by atoms with van der Waals surface area (Å²) < 4.78 is 50.8. The standard InChI is InChI=1S/C11H16F4N2O/c1-10(2)7-4-16-3-6(7)5-17(10)9(18)11(14,15)8(12)13/h6-8,16H,3-5H2,1-2H3. The van der Waals surface area contributed by atoms with Gasteiger partial charge in [-0.25, -0.2) is 8.78 Å². The topological polar surface area (TPSA) is 32.3 Å². The first-order valence-electron chi connectivity index (χ1n) is 5.87. The Hall–Kier alpha value is -0.850. The molecule has 0 aliphatic carbocycles. The Morgan fingerprint density at radius 2 is 2.00 bits per heavy atom. The Morgan fingerprint density at radius 1 is 1.39 bits per heavy atom. The average molecular weight is 268 g/mol. The van der Waals surface area contributed by atoms with Gasteiger partial charge in [-0.05, 0) is 25.7 Å². The van der Waals surface area contributed by atoms with E-state index in [1.807, 2.05) is 0 Å². The van der Waals surface area contributed by atoms with Crippen LogP contribution in [-0.4, -0.2) is 48.3 Å². The van der Waals surface area contributed by atoms with Crippen molar-refractivity contribution in [3.05, 3.63) is 0 Å². The van der Waals surface area contributed by atoms with Crippen LogP contribution in [0.15, 0.2) is 0 Å². The molecular weight excluding hydrogens is 252 g/mol. The van der Waals surface area contributed by atoms with E-state index < -0.39 is 23.8 Å². The molecule has 2 heterocycles. The summed E-state index contributed by atoms with van der Waals surface area (Å²) in [5, 5.41) is 3.13. The second kappa shape index (κ2) is 4.08. The number of carbonyl (C=O) groups is 1. The molecule has 0 aromatic rings. The lowest BCUT2D eigenvalue weighted by Crippen LogP contribution is -2.55. The maximum absolute atomic E-state index is 13.2. The van der Waals surface area contributed by atoms with Crippen LogP contribution in [0.1, 0.15) is 13.8 Å². The number of nitrogens with one attached hydrogen (secondary N) is 1. The second-order valence-electron chi connectivity index (χ2n) is 5.52. The molecule has 0 bridgehead atoms. The highest BCUT2D eigenvalue weighted by Gasteiger charge is 2.59. The number of likely N-dealkylation sites (tertiary alicyclic amines) is 1. The van der Waals surface area contributed by atoms with Crippen molar-refractivity contribution >= 4 is 5.91 Å². The Kier molecular flexibility index (Phi) is 3.08. The normalized spacial score (nSPS) is 30.9. The predicted octanol–water partition coefficient (Wildman–Crippen LogP) is 1.34. The summed E-state index contributed by atoms with van der Waals surface area (Å²) >= 11 is 0. The molecule has 2 rings (SSSR count). The first-order chi connectivity index (χ1) is 8.19. The average Bonchev–Trinajstić information content (AvgIpc) is 2.80. The molecule has 7 heteroatoms. The van der Waals surface area contributed by atoms with Crippen molar-refractivity contribution in [3.8, 4) is 0 Å². The smallest absolute Gasteiger partial charge is 0.331 e. The van der Waals surface area contributed by atoms with Crippen LogP contribution in [0.25, 0.3) is 0 Å². The first-order valence-corrected chi connectivity index (χ1v) is 5.87. The molecule has 1 amide bonds. The summed E-state index contributed by atoms with van der Waals surface area (Å²) in [6, 6.07) is 0. The molecule has 2 saturated heterocycles. The van der Waals surface area contributed by atoms with Crippen LogP contribution in [0, 0.1) is 11.8 Å². The zero-order valence-electron chi connectivity index (χ0n) is 10.2. The molecule has 104 valence electrons. The number of amides is 1. The Balaban J connectivity index is 2.22. The van der Waals surface area contributed by atoms with E-state index in [0.717, 1.165) is 4.90 Å². The number of halogens is 4. The molecule has 2 aliphatic rings. The van der Waals surface area contributed by atoms with E-state index in [1.165, 1.54) is 0 Å². The number of hydrogen-bond donors (Lipinski definition) is 1. The maximum atomic E-state index is 13.2. The maximum Gasteiger partial charge on any atom is 0.383 e. The highest BCUT2D eigenvalue weighted by molar-refractivity contribution is 5.85. The summed E-state index contributed by atoms with van der Waals surface area (Å²) in [6.45, 7) is 4.69. The quantitative estimate of drug-likeness (QED) is 0.767. The predicted molar refractivity (Wildman–Crippen MR) is 56.6 cm³/mol. The molecule has 2 unspecified atom stereocenters. The van der Waals surface area contributed by atoms with Gasteiger partial charge < -0.3 is 10.2 Å². The number of hydrogen-bond acceptors (Lipinski definition) is 2. The van der Waals surface area contributed by atoms with Gasteiger partial charge in [-0.1, -0.05) is 0 Å². The monoisotopic (exact) mass is 268 g/mol. The van der Waals surface area contributed by atoms with Crippen molar-refractivity contribution in [3.63, 3.8) is 0 Å². The van der Waals surface area contributed by atoms with Crippen LogP contribution < -0.4 is 5.32 Å². The molecule has 2 atom stereocenters. The molecule has 0 aromatic carbocycles. The number of fused-ring (bicyclic) bond motifs is 1. The van der Waals surface area contributed by atoms with Crippen LogP contribution in [0.2, 0.25) is 0 Å². The summed E-state index contributed by atoms with van der Waals surface area (Å²) in [4.78, 5) is 12.6. The largest absolute Gasteiger partial charge is 0.383 e. The van der Waals surface area contributed by atoms with Gasteiger partial charge in [-0.3, -0.25) is 4.79 Å². The lowest BCUT2D eigenvalue weighted by atomic mass is 9.85. The highest BCUT2D eigenvalue weighted by atomic mass is 19.3. The lowest BCUT2D eigenvalue weighted by Gasteiger charge is -2.37. The number of nitrogens with zero attached hydrogens (tertiary/aromatic N) is 1. The van der Waals surface area contributed by atoms with Crippen molar-refractivity contribution in [2.24, 2.45) is 11.8 Å². The highest BCUT2D eigenvalue weighted by Crippen LogP contribution is 2.42. The molecule has 2 aliphatic heterocycles. The number of rotatable bonds is 2. The van der Waals surface area contributed by atoms with Crippen molar-refractivity contribution < 1.29 is 22.4 Å². The van der Waals surface area contributed by atoms with E-state index in [0.29, 0.717) is 13.1 Å². The van der Waals surface area contributed by atoms with Gasteiger partial charge in [0.25, 0.3) is 5.91 Å². The van der Waals surface area contributed by atoms with Gasteiger partial charge in [0.2, 0.25) is 0 Å². The zero-order valence-corrected chi connectivity index (χ0v) is 10.2. The van der Waals surface area contributed by atoms with Crippen molar-refractivity contribution in [2.45, 2.75) is 31.7 Å². The summed E-state index contributed by atoms with van der Waals surface area (Å²) in [7, 11) is 0. The summed E-state index contributed by atoms with van der Waals surface area (Å²) in [6.07, 6.45) is -3.96. The first kappa shape index (κ1) is 13.6. The van der Waals surface area contributed by atoms with Gasteiger partial charge in [0.05, 0.1) is 0 Å². The van der Waals surface area contributed by atoms with Crippen LogP contribution in [0.3, 0.4) is 0 Å². The lowest BCUT2D eigenvalue weighted by molar-refractivity contribution is -0.184. The molecule has 0 aromatic heterocycles. The Labute approximate surface area is 103 Å². The third-order valence-electron chi connectivity index (χ3n) is 4.16.